The summed E-state index contributed by atoms with van der Waals surface area (Å²) in [6.07, 6.45) is -0.351. The Bertz CT molecular complexity index is 2680. The van der Waals surface area contributed by atoms with Crippen LogP contribution in [-0.4, -0.2) is 51.5 Å². The number of nitriles is 1. The van der Waals surface area contributed by atoms with Gasteiger partial charge in [-0.2, -0.15) is 5.26 Å². The number of ether oxygens (including phenoxy) is 3. The van der Waals surface area contributed by atoms with Crippen LogP contribution >= 0.6 is 23.2 Å². The van der Waals surface area contributed by atoms with Gasteiger partial charge in [-0.15, -0.1) is 0 Å². The van der Waals surface area contributed by atoms with Gasteiger partial charge < -0.3 is 34.0 Å². The van der Waals surface area contributed by atoms with Crippen molar-refractivity contribution in [1.29, 1.82) is 5.26 Å². The highest BCUT2D eigenvalue weighted by atomic mass is 35.5. The summed E-state index contributed by atoms with van der Waals surface area (Å²) in [5.41, 5.74) is 6.34. The molecule has 14 heteroatoms. The van der Waals surface area contributed by atoms with Crippen molar-refractivity contribution in [1.82, 2.24) is 15.2 Å². The molecule has 12 nitrogen and oxygen atoms in total. The Morgan fingerprint density at radius 2 is 1.59 bits per heavy atom. The molecule has 2 aliphatic rings. The maximum Gasteiger partial charge on any atom is 0.326 e. The standard InChI is InChI=1S/C47H38Cl2N4O8/c1-26-44(51-27(2)60-26)46(55)53-23-35-21-42-41(59-25-43(61-42)33-12-14-36(15-13-33)58-24-30-7-16-37(48)38(49)17-30)20-34(35)19-40(53)45(54)52-39(47(56)57)18-28-3-8-31(9-4-28)32-10-5-29(22-50)6-11-32/h3-17,20-21,39-40,43H,18-19,23-25H2,1-2H3,(H,52,54)(H,56,57)/t39-,40?,43+/m0/s1. The molecule has 5 aromatic carbocycles. The predicted molar refractivity (Wildman–Crippen MR) is 226 cm³/mol. The average Bonchev–Trinajstić information content (AvgIpc) is 3.62. The second-order valence-corrected chi connectivity index (χ2v) is 15.7. The van der Waals surface area contributed by atoms with Gasteiger partial charge in [-0.3, -0.25) is 9.59 Å². The van der Waals surface area contributed by atoms with Crippen molar-refractivity contribution < 1.29 is 38.1 Å². The van der Waals surface area contributed by atoms with Crippen LogP contribution in [0.15, 0.2) is 108 Å². The Balaban J connectivity index is 0.986. The third-order valence-corrected chi connectivity index (χ3v) is 11.5. The highest BCUT2D eigenvalue weighted by Gasteiger charge is 2.39. The number of oxazole rings is 1. The molecule has 6 aromatic rings. The van der Waals surface area contributed by atoms with E-state index in [4.69, 9.17) is 47.1 Å². The van der Waals surface area contributed by atoms with Gasteiger partial charge in [0, 0.05) is 26.3 Å². The monoisotopic (exact) mass is 856 g/mol. The fourth-order valence-electron chi connectivity index (χ4n) is 7.48. The van der Waals surface area contributed by atoms with Crippen molar-refractivity contribution in [3.05, 3.63) is 164 Å². The molecular formula is C47H38Cl2N4O8. The Labute approximate surface area is 361 Å². The summed E-state index contributed by atoms with van der Waals surface area (Å²) in [7, 11) is 0. The molecule has 3 atom stereocenters. The van der Waals surface area contributed by atoms with Crippen LogP contribution in [0.5, 0.6) is 17.2 Å². The fraction of sp³-hybridized carbons (Fsp3) is 0.213. The number of nitrogens with zero attached hydrogens (tertiary/aromatic N) is 3. The summed E-state index contributed by atoms with van der Waals surface area (Å²) >= 11 is 12.2. The van der Waals surface area contributed by atoms with Crippen molar-refractivity contribution in [2.75, 3.05) is 6.61 Å². The first-order chi connectivity index (χ1) is 29.4. The molecule has 0 aliphatic carbocycles. The van der Waals surface area contributed by atoms with Crippen LogP contribution < -0.4 is 19.5 Å². The SMILES string of the molecule is Cc1nc(C(=O)N2Cc3cc4c(cc3CC2C(=O)N[C@@H](Cc2ccc(-c3ccc(C#N)cc3)cc2)C(=O)O)OC[C@H](c2ccc(OCc3ccc(Cl)c(Cl)c3)cc2)O4)c(C)o1. The number of rotatable bonds is 11. The molecule has 2 N–H and O–H groups in total. The minimum Gasteiger partial charge on any atom is -0.489 e. The molecule has 0 saturated heterocycles. The van der Waals surface area contributed by atoms with Gasteiger partial charge in [0.15, 0.2) is 29.2 Å². The number of fused-ring (bicyclic) bond motifs is 2. The van der Waals surface area contributed by atoms with Crippen LogP contribution in [0.4, 0.5) is 0 Å². The number of carbonyl (C=O) groups is 3. The van der Waals surface area contributed by atoms with Crippen LogP contribution in [0.3, 0.4) is 0 Å². The molecule has 8 rings (SSSR count). The van der Waals surface area contributed by atoms with E-state index >= 15 is 0 Å². The van der Waals surface area contributed by atoms with Gasteiger partial charge in [-0.1, -0.05) is 77.8 Å². The number of aromatic nitrogens is 1. The van der Waals surface area contributed by atoms with E-state index in [1.54, 1.807) is 50.2 Å². The summed E-state index contributed by atoms with van der Waals surface area (Å²) in [5.74, 6) is -0.144. The number of carboxylic acids is 1. The molecule has 0 bridgehead atoms. The number of carbonyl (C=O) groups excluding carboxylic acids is 2. The van der Waals surface area contributed by atoms with Crippen LogP contribution in [0.2, 0.25) is 10.0 Å². The zero-order valence-corrected chi connectivity index (χ0v) is 34.5. The topological polar surface area (TPSA) is 164 Å². The lowest BCUT2D eigenvalue weighted by Gasteiger charge is -2.37. The number of benzene rings is 5. The molecule has 3 heterocycles. The van der Waals surface area contributed by atoms with Crippen molar-refractivity contribution >= 4 is 41.0 Å². The molecule has 0 radical (unpaired) electrons. The summed E-state index contributed by atoms with van der Waals surface area (Å²) in [6, 6.07) is 30.7. The summed E-state index contributed by atoms with van der Waals surface area (Å²) in [4.78, 5) is 46.6. The first-order valence-corrected chi connectivity index (χ1v) is 20.2. The average molecular weight is 858 g/mol. The van der Waals surface area contributed by atoms with Gasteiger partial charge in [0.05, 0.1) is 21.7 Å². The summed E-state index contributed by atoms with van der Waals surface area (Å²) < 4.78 is 24.2. The van der Waals surface area contributed by atoms with Crippen LogP contribution in [0, 0.1) is 25.2 Å². The number of hydrogen-bond donors (Lipinski definition) is 2. The lowest BCUT2D eigenvalue weighted by atomic mass is 9.91. The first kappa shape index (κ1) is 40.9. The minimum atomic E-state index is -1.29. The smallest absolute Gasteiger partial charge is 0.326 e. The molecule has 2 aliphatic heterocycles. The fourth-order valence-corrected chi connectivity index (χ4v) is 7.80. The number of aryl methyl sites for hydroxylation is 2. The van der Waals surface area contributed by atoms with Crippen LogP contribution in [-0.2, 0) is 35.6 Å². The second kappa shape index (κ2) is 17.4. The Hall–Kier alpha value is -6.81. The van der Waals surface area contributed by atoms with Crippen molar-refractivity contribution in [2.24, 2.45) is 0 Å². The van der Waals surface area contributed by atoms with E-state index in [-0.39, 0.29) is 31.7 Å². The predicted octanol–water partition coefficient (Wildman–Crippen LogP) is 8.61. The van der Waals surface area contributed by atoms with E-state index in [1.165, 1.54) is 4.90 Å². The third-order valence-electron chi connectivity index (χ3n) is 10.7. The Morgan fingerprint density at radius 3 is 2.25 bits per heavy atom. The van der Waals surface area contributed by atoms with E-state index in [0.29, 0.717) is 56.7 Å². The molecule has 2 amide bonds. The van der Waals surface area contributed by atoms with Gasteiger partial charge in [-0.25, -0.2) is 9.78 Å². The molecule has 0 fully saturated rings. The summed E-state index contributed by atoms with van der Waals surface area (Å²) in [5, 5.41) is 23.0. The quantitative estimate of drug-likeness (QED) is 0.129. The molecule has 1 unspecified atom stereocenters. The lowest BCUT2D eigenvalue weighted by molar-refractivity contribution is -0.142. The van der Waals surface area contributed by atoms with Gasteiger partial charge in [0.2, 0.25) is 5.91 Å². The van der Waals surface area contributed by atoms with Crippen molar-refractivity contribution in [3.63, 3.8) is 0 Å². The Kier molecular flexibility index (Phi) is 11.7. The number of hydrogen-bond acceptors (Lipinski definition) is 9. The third kappa shape index (κ3) is 9.04. The number of halogens is 2. The molecular weight excluding hydrogens is 819 g/mol. The van der Waals surface area contributed by atoms with Gasteiger partial charge in [0.1, 0.15) is 36.8 Å². The van der Waals surface area contributed by atoms with Gasteiger partial charge in [-0.05, 0) is 94.4 Å². The summed E-state index contributed by atoms with van der Waals surface area (Å²) in [6.45, 7) is 3.81. The van der Waals surface area contributed by atoms with Crippen LogP contribution in [0.1, 0.15) is 61.6 Å². The zero-order valence-electron chi connectivity index (χ0n) is 33.0. The highest BCUT2D eigenvalue weighted by Crippen LogP contribution is 2.41. The van der Waals surface area contributed by atoms with E-state index in [2.05, 4.69) is 16.4 Å². The van der Waals surface area contributed by atoms with Gasteiger partial charge >= 0.3 is 5.97 Å². The molecule has 61 heavy (non-hydrogen) atoms. The van der Waals surface area contributed by atoms with E-state index < -0.39 is 36.0 Å². The zero-order chi connectivity index (χ0) is 42.8. The maximum atomic E-state index is 14.2. The van der Waals surface area contributed by atoms with E-state index in [0.717, 1.165) is 33.4 Å². The second-order valence-electron chi connectivity index (χ2n) is 14.9. The van der Waals surface area contributed by atoms with Crippen LogP contribution in [0.25, 0.3) is 11.1 Å². The first-order valence-electron chi connectivity index (χ1n) is 19.4. The Morgan fingerprint density at radius 1 is 0.902 bits per heavy atom. The maximum absolute atomic E-state index is 14.2. The number of aliphatic carboxylic acids is 1. The molecule has 0 spiro atoms. The number of amides is 2. The van der Waals surface area contributed by atoms with Crippen molar-refractivity contribution in [2.45, 2.75) is 58.0 Å². The van der Waals surface area contributed by atoms with E-state index in [9.17, 15) is 19.5 Å². The minimum absolute atomic E-state index is 0.00189. The van der Waals surface area contributed by atoms with E-state index in [1.807, 2.05) is 66.7 Å². The normalized spacial score (nSPS) is 15.9. The molecule has 0 saturated carbocycles. The van der Waals surface area contributed by atoms with Crippen molar-refractivity contribution in [3.8, 4) is 34.4 Å². The molecule has 308 valence electrons. The lowest BCUT2D eigenvalue weighted by Crippen LogP contribution is -2.56. The van der Waals surface area contributed by atoms with Gasteiger partial charge in [0.25, 0.3) is 5.91 Å². The largest absolute Gasteiger partial charge is 0.489 e. The highest BCUT2D eigenvalue weighted by molar-refractivity contribution is 6.42. The number of carboxylic acid groups (broad SMARTS) is 1. The number of nitrogens with one attached hydrogen (secondary N) is 1. The molecule has 1 aromatic heterocycles.